The highest BCUT2D eigenvalue weighted by atomic mass is 32.1. The quantitative estimate of drug-likeness (QED) is 0.811. The Hall–Kier alpha value is -2.34. The van der Waals surface area contributed by atoms with Gasteiger partial charge in [0.2, 0.25) is 5.88 Å². The van der Waals surface area contributed by atoms with Crippen LogP contribution in [0.4, 0.5) is 11.4 Å². The van der Waals surface area contributed by atoms with Crippen LogP contribution in [-0.4, -0.2) is 48.3 Å². The number of hydrogen-bond donors (Lipinski definition) is 1. The number of aromatic nitrogens is 1. The first kappa shape index (κ1) is 19.4. The Morgan fingerprint density at radius 1 is 1.00 bits per heavy atom. The zero-order valence-electron chi connectivity index (χ0n) is 16.8. The van der Waals surface area contributed by atoms with Crippen molar-refractivity contribution in [1.82, 2.24) is 9.88 Å². The maximum atomic E-state index is 5.65. The monoisotopic (exact) mass is 384 g/mol. The number of piperazine rings is 1. The van der Waals surface area contributed by atoms with Crippen molar-refractivity contribution in [3.63, 3.8) is 0 Å². The van der Waals surface area contributed by atoms with Crippen LogP contribution in [0.1, 0.15) is 22.4 Å². The molecule has 1 saturated heterocycles. The van der Waals surface area contributed by atoms with Gasteiger partial charge in [-0.25, -0.2) is 4.98 Å². The second kappa shape index (κ2) is 8.13. The fraction of sp³-hybridized carbons (Fsp3) is 0.429. The molecule has 1 aliphatic heterocycles. The maximum absolute atomic E-state index is 5.65. The number of hydrogen-bond acceptors (Lipinski definition) is 4. The molecule has 1 aliphatic rings. The van der Waals surface area contributed by atoms with Gasteiger partial charge in [0.1, 0.15) is 5.69 Å². The van der Waals surface area contributed by atoms with Crippen molar-refractivity contribution in [1.29, 1.82) is 0 Å². The number of ether oxygens (including phenoxy) is 1. The zero-order chi connectivity index (χ0) is 19.6. The highest BCUT2D eigenvalue weighted by molar-refractivity contribution is 7.80. The van der Waals surface area contributed by atoms with E-state index in [9.17, 15) is 0 Å². The molecule has 3 rings (SSSR count). The molecule has 0 radical (unpaired) electrons. The minimum Gasteiger partial charge on any atom is -0.480 e. The molecule has 144 valence electrons. The van der Waals surface area contributed by atoms with Gasteiger partial charge in [-0.2, -0.15) is 0 Å². The van der Waals surface area contributed by atoms with Gasteiger partial charge in [-0.05, 0) is 74.8 Å². The summed E-state index contributed by atoms with van der Waals surface area (Å²) in [5.74, 6) is 0.578. The Kier molecular flexibility index (Phi) is 5.85. The molecule has 6 heteroatoms. The molecule has 0 spiro atoms. The van der Waals surface area contributed by atoms with Crippen molar-refractivity contribution in [3.8, 4) is 5.88 Å². The van der Waals surface area contributed by atoms with Crippen molar-refractivity contribution in [2.24, 2.45) is 0 Å². The third-order valence-electron chi connectivity index (χ3n) is 5.00. The number of thiocarbonyl (C=S) groups is 1. The van der Waals surface area contributed by atoms with Crippen LogP contribution in [0.15, 0.2) is 24.3 Å². The van der Waals surface area contributed by atoms with E-state index in [1.54, 1.807) is 7.11 Å². The Balaban J connectivity index is 1.64. The minimum atomic E-state index is 0.578. The summed E-state index contributed by atoms with van der Waals surface area (Å²) in [5, 5.41) is 4.04. The number of aryl methyl sites for hydroxylation is 4. The average molecular weight is 385 g/mol. The van der Waals surface area contributed by atoms with Gasteiger partial charge in [-0.3, -0.25) is 0 Å². The molecular weight excluding hydrogens is 356 g/mol. The van der Waals surface area contributed by atoms with E-state index in [4.69, 9.17) is 17.0 Å². The third-order valence-corrected chi connectivity index (χ3v) is 5.36. The summed E-state index contributed by atoms with van der Waals surface area (Å²) in [7, 11) is 1.63. The van der Waals surface area contributed by atoms with Crippen LogP contribution in [0, 0.1) is 27.7 Å². The molecule has 0 unspecified atom stereocenters. The number of nitrogens with zero attached hydrogens (tertiary/aromatic N) is 3. The molecule has 1 N–H and O–H groups in total. The van der Waals surface area contributed by atoms with E-state index in [1.807, 2.05) is 19.9 Å². The SMILES string of the molecule is COc1nc(C)c(C)cc1NC(=S)N1CCN(c2cc(C)cc(C)c2)CC1. The van der Waals surface area contributed by atoms with Crippen molar-refractivity contribution < 1.29 is 4.74 Å². The first-order valence-corrected chi connectivity index (χ1v) is 9.69. The number of anilines is 2. The topological polar surface area (TPSA) is 40.6 Å². The molecule has 2 aromatic rings. The van der Waals surface area contributed by atoms with E-state index >= 15 is 0 Å². The van der Waals surface area contributed by atoms with Crippen molar-refractivity contribution in [3.05, 3.63) is 46.6 Å². The summed E-state index contributed by atoms with van der Waals surface area (Å²) in [5.41, 5.74) is 6.80. The van der Waals surface area contributed by atoms with E-state index < -0.39 is 0 Å². The van der Waals surface area contributed by atoms with Crippen molar-refractivity contribution in [2.75, 3.05) is 43.5 Å². The molecule has 0 saturated carbocycles. The molecule has 0 amide bonds. The van der Waals surface area contributed by atoms with Crippen LogP contribution in [0.2, 0.25) is 0 Å². The van der Waals surface area contributed by atoms with Crippen LogP contribution in [0.5, 0.6) is 5.88 Å². The van der Waals surface area contributed by atoms with Gasteiger partial charge in [-0.15, -0.1) is 0 Å². The standard InChI is InChI=1S/C21H28N4OS/c1-14-10-15(2)12-18(11-14)24-6-8-25(9-7-24)21(27)23-19-13-16(3)17(4)22-20(19)26-5/h10-13H,6-9H2,1-5H3,(H,23,27). The van der Waals surface area contributed by atoms with Crippen LogP contribution < -0.4 is 15.0 Å². The van der Waals surface area contributed by atoms with Gasteiger partial charge in [0, 0.05) is 37.6 Å². The van der Waals surface area contributed by atoms with Gasteiger partial charge in [0.05, 0.1) is 7.11 Å². The Morgan fingerprint density at radius 2 is 1.63 bits per heavy atom. The molecule has 0 atom stereocenters. The fourth-order valence-electron chi connectivity index (χ4n) is 3.42. The fourth-order valence-corrected chi connectivity index (χ4v) is 3.72. The maximum Gasteiger partial charge on any atom is 0.237 e. The minimum absolute atomic E-state index is 0.578. The highest BCUT2D eigenvalue weighted by Gasteiger charge is 2.20. The molecule has 0 bridgehead atoms. The lowest BCUT2D eigenvalue weighted by Gasteiger charge is -2.37. The Bertz CT molecular complexity index is 824. The van der Waals surface area contributed by atoms with Crippen LogP contribution in [0.25, 0.3) is 0 Å². The van der Waals surface area contributed by atoms with E-state index in [0.717, 1.165) is 48.2 Å². The molecule has 2 heterocycles. The van der Waals surface area contributed by atoms with Gasteiger partial charge < -0.3 is 19.9 Å². The van der Waals surface area contributed by atoms with Crippen LogP contribution >= 0.6 is 12.2 Å². The van der Waals surface area contributed by atoms with Crippen LogP contribution in [-0.2, 0) is 0 Å². The third kappa shape index (κ3) is 4.50. The lowest BCUT2D eigenvalue weighted by Crippen LogP contribution is -2.50. The number of methoxy groups -OCH3 is 1. The van der Waals surface area contributed by atoms with Gasteiger partial charge in [0.25, 0.3) is 0 Å². The first-order chi connectivity index (χ1) is 12.9. The summed E-state index contributed by atoms with van der Waals surface area (Å²) in [6.45, 7) is 12.0. The number of nitrogens with one attached hydrogen (secondary N) is 1. The summed E-state index contributed by atoms with van der Waals surface area (Å²) < 4.78 is 5.41. The normalized spacial score (nSPS) is 14.3. The van der Waals surface area contributed by atoms with Crippen molar-refractivity contribution in [2.45, 2.75) is 27.7 Å². The molecule has 0 aliphatic carbocycles. The van der Waals surface area contributed by atoms with Gasteiger partial charge >= 0.3 is 0 Å². The molecule has 1 aromatic carbocycles. The molecule has 1 fully saturated rings. The van der Waals surface area contributed by atoms with Gasteiger partial charge in [-0.1, -0.05) is 6.07 Å². The second-order valence-corrected chi connectivity index (χ2v) is 7.58. The van der Waals surface area contributed by atoms with E-state index in [-0.39, 0.29) is 0 Å². The highest BCUT2D eigenvalue weighted by Crippen LogP contribution is 2.25. The van der Waals surface area contributed by atoms with E-state index in [2.05, 4.69) is 52.1 Å². The summed E-state index contributed by atoms with van der Waals surface area (Å²) in [4.78, 5) is 9.13. The number of benzene rings is 1. The Labute approximate surface area is 167 Å². The Morgan fingerprint density at radius 3 is 2.22 bits per heavy atom. The molecular formula is C21H28N4OS. The number of rotatable bonds is 3. The smallest absolute Gasteiger partial charge is 0.237 e. The molecule has 1 aromatic heterocycles. The summed E-state index contributed by atoms with van der Waals surface area (Å²) in [6.07, 6.45) is 0. The second-order valence-electron chi connectivity index (χ2n) is 7.20. The number of pyridine rings is 1. The lowest BCUT2D eigenvalue weighted by molar-refractivity contribution is 0.388. The first-order valence-electron chi connectivity index (χ1n) is 9.29. The zero-order valence-corrected chi connectivity index (χ0v) is 17.6. The molecule has 27 heavy (non-hydrogen) atoms. The molecule has 5 nitrogen and oxygen atoms in total. The predicted molar refractivity (Wildman–Crippen MR) is 116 cm³/mol. The predicted octanol–water partition coefficient (Wildman–Crippen LogP) is 3.84. The summed E-state index contributed by atoms with van der Waals surface area (Å²) in [6, 6.07) is 8.76. The largest absolute Gasteiger partial charge is 0.480 e. The van der Waals surface area contributed by atoms with Crippen molar-refractivity contribution >= 4 is 28.7 Å². The average Bonchev–Trinajstić information content (AvgIpc) is 2.63. The van der Waals surface area contributed by atoms with Crippen LogP contribution in [0.3, 0.4) is 0 Å². The lowest BCUT2D eigenvalue weighted by atomic mass is 10.1. The van der Waals surface area contributed by atoms with Gasteiger partial charge in [0.15, 0.2) is 5.11 Å². The summed E-state index contributed by atoms with van der Waals surface area (Å²) >= 11 is 5.65. The van der Waals surface area contributed by atoms with E-state index in [0.29, 0.717) is 5.88 Å². The van der Waals surface area contributed by atoms with E-state index in [1.165, 1.54) is 16.8 Å².